The quantitative estimate of drug-likeness (QED) is 0.0349. The highest BCUT2D eigenvalue weighted by atomic mass is 16.8. The Morgan fingerprint density at radius 1 is 0.495 bits per heavy atom. The maximum atomic E-state index is 13.6. The van der Waals surface area contributed by atoms with Crippen LogP contribution >= 0.6 is 0 Å². The van der Waals surface area contributed by atoms with Crippen LogP contribution < -0.4 is 10.6 Å². The number of carboxylic acid groups (broad SMARTS) is 1. The number of carbonyl (C=O) groups excluding carboxylic acids is 3. The molecule has 16 N–H and O–H groups in total. The van der Waals surface area contributed by atoms with Crippen molar-refractivity contribution in [1.82, 2.24) is 10.6 Å². The van der Waals surface area contributed by atoms with Crippen molar-refractivity contribution in [2.24, 2.45) is 5.92 Å². The van der Waals surface area contributed by atoms with Gasteiger partial charge >= 0.3 is 5.97 Å². The number of ether oxygens (including phenoxy) is 8. The Labute approximate surface area is 611 Å². The normalized spacial score (nSPS) is 30.9. The topological polar surface area (TPSA) is 449 Å². The molecule has 0 aromatic carbocycles. The van der Waals surface area contributed by atoms with Gasteiger partial charge in [0.25, 0.3) is 5.79 Å². The fourth-order valence-electron chi connectivity index (χ4n) is 14.6. The fraction of sp³-hybridized carbons (Fsp3) is 0.947. The second kappa shape index (κ2) is 52.4. The summed E-state index contributed by atoms with van der Waals surface area (Å²) < 4.78 is 48.3. The number of aliphatic hydroxyl groups excluding tert-OH is 13. The molecule has 4 fully saturated rings. The molecule has 4 saturated heterocycles. The maximum absolute atomic E-state index is 13.6. The lowest BCUT2D eigenvalue weighted by Crippen LogP contribution is -2.71. The molecule has 28 nitrogen and oxygen atoms in total. The van der Waals surface area contributed by atoms with Crippen LogP contribution in [0, 0.1) is 5.92 Å². The van der Waals surface area contributed by atoms with Crippen molar-refractivity contribution in [3.05, 3.63) is 0 Å². The van der Waals surface area contributed by atoms with E-state index in [-0.39, 0.29) is 12.3 Å². The van der Waals surface area contributed by atoms with E-state index in [0.29, 0.717) is 19.3 Å². The number of hydrogen-bond donors (Lipinski definition) is 16. The molecule has 23 atom stereocenters. The predicted octanol–water partition coefficient (Wildman–Crippen LogP) is 5.18. The Hall–Kier alpha value is -2.76. The number of aliphatic hydroxyl groups is 13. The van der Waals surface area contributed by atoms with E-state index in [1.165, 1.54) is 161 Å². The molecule has 0 radical (unpaired) electrons. The average Bonchev–Trinajstić information content (AvgIpc) is 0.751. The standard InChI is InChI=1S/C75H138N2O26/c1-5-7-9-11-13-15-17-19-20-21-22-23-24-25-26-27-29-31-33-35-37-39-41-59(87)77-52(53(84)40-38-36-34-32-30-28-18-16-14-12-10-8-6-2)48-96-72-65(92)64(91)67(57(46-80)98-72)100-73-66(93)70(68(58(47-81)99-73)101-71-51(42-49(3)82)61(88)63(90)56(45-79)97-71)103-75(74(94)95)43-54(85)60(76-50(4)83)69(102-75)62(89)55(86)44-78/h51-58,60-73,78-81,84-86,88-93H,5-48H2,1-4H3,(H,76,83)(H,77,87)(H,94,95)/t51-,52+,53-,54+,55-,56-,57-,58-,60-,61-,62-,63+,64-,65-,66-,67-,68+,69?,70-,71+,72-,73+,75+/m1/s1. The Morgan fingerprint density at radius 2 is 0.932 bits per heavy atom. The van der Waals surface area contributed by atoms with Crippen LogP contribution in [0.15, 0.2) is 0 Å². The van der Waals surface area contributed by atoms with Crippen LogP contribution in [0.2, 0.25) is 0 Å². The number of nitrogens with one attached hydrogen (secondary N) is 2. The van der Waals surface area contributed by atoms with Crippen LogP contribution in [-0.2, 0) is 57.1 Å². The Kier molecular flexibility index (Phi) is 47.1. The van der Waals surface area contributed by atoms with Crippen molar-refractivity contribution in [1.29, 1.82) is 0 Å². The number of aliphatic carboxylic acids is 1. The highest BCUT2D eigenvalue weighted by Gasteiger charge is 2.62. The second-order valence-electron chi connectivity index (χ2n) is 29.6. The first-order chi connectivity index (χ1) is 49.5. The van der Waals surface area contributed by atoms with Gasteiger partial charge in [-0.1, -0.05) is 232 Å². The molecule has 4 aliphatic heterocycles. The summed E-state index contributed by atoms with van der Waals surface area (Å²) in [5.74, 6) is -8.49. The third-order valence-electron chi connectivity index (χ3n) is 20.9. The van der Waals surface area contributed by atoms with Crippen molar-refractivity contribution in [3.63, 3.8) is 0 Å². The van der Waals surface area contributed by atoms with Gasteiger partial charge in [0.15, 0.2) is 18.9 Å². The van der Waals surface area contributed by atoms with Gasteiger partial charge in [0, 0.05) is 32.1 Å². The zero-order valence-electron chi connectivity index (χ0n) is 62.5. The molecule has 0 spiro atoms. The zero-order valence-corrected chi connectivity index (χ0v) is 62.5. The number of rotatable bonds is 58. The van der Waals surface area contributed by atoms with Gasteiger partial charge in [-0.25, -0.2) is 4.79 Å². The minimum atomic E-state index is -3.26. The molecular weight excluding hydrogens is 1340 g/mol. The molecule has 103 heavy (non-hydrogen) atoms. The highest BCUT2D eigenvalue weighted by Crippen LogP contribution is 2.41. The lowest BCUT2D eigenvalue weighted by atomic mass is 9.87. The van der Waals surface area contributed by atoms with Gasteiger partial charge in [0.2, 0.25) is 11.8 Å². The minimum Gasteiger partial charge on any atom is -0.477 e. The molecule has 0 saturated carbocycles. The summed E-state index contributed by atoms with van der Waals surface area (Å²) in [5.41, 5.74) is 0. The summed E-state index contributed by atoms with van der Waals surface area (Å²) in [6.45, 7) is 2.04. The SMILES string of the molecule is CCCCCCCCCCCCCCCCCCCCCCCCC(=O)N[C@@H](CO[C@@H]1O[C@H](CO)[C@@H](O[C@@H]2O[C@H](CO)[C@H](O[C@@H]3O[C@H](CO)[C@H](O)[C@H](O)[C@H]3CC(C)=O)[C@H](O[C@]3(C(=O)O)C[C@H](O)[C@@H](NC(C)=O)C([C@H](O)[C@H](O)CO)O3)[C@H]2O)[C@H](O)[C@H]1O)[C@H](O)CCCCCCCCCCCCCCC. The van der Waals surface area contributed by atoms with Crippen molar-refractivity contribution < 1.29 is 129 Å². The summed E-state index contributed by atoms with van der Waals surface area (Å²) in [6, 6.07) is -2.70. The van der Waals surface area contributed by atoms with E-state index >= 15 is 0 Å². The van der Waals surface area contributed by atoms with Crippen LogP contribution in [0.4, 0.5) is 0 Å². The van der Waals surface area contributed by atoms with Crippen LogP contribution in [0.25, 0.3) is 0 Å². The number of carbonyl (C=O) groups is 4. The average molecular weight is 1480 g/mol. The van der Waals surface area contributed by atoms with Crippen molar-refractivity contribution in [2.75, 3.05) is 33.0 Å². The molecule has 2 amide bonds. The van der Waals surface area contributed by atoms with Gasteiger partial charge in [0.1, 0.15) is 85.1 Å². The smallest absolute Gasteiger partial charge is 0.364 e. The molecule has 1 unspecified atom stereocenters. The zero-order chi connectivity index (χ0) is 75.7. The monoisotopic (exact) mass is 1480 g/mol. The summed E-state index contributed by atoms with van der Waals surface area (Å²) >= 11 is 0. The largest absolute Gasteiger partial charge is 0.477 e. The van der Waals surface area contributed by atoms with Gasteiger partial charge in [-0.05, 0) is 19.8 Å². The maximum Gasteiger partial charge on any atom is 0.364 e. The number of ketones is 1. The first kappa shape index (κ1) is 92.6. The first-order valence-corrected chi connectivity index (χ1v) is 39.6. The lowest BCUT2D eigenvalue weighted by Gasteiger charge is -2.52. The molecule has 4 aliphatic rings. The van der Waals surface area contributed by atoms with Crippen LogP contribution in [0.5, 0.6) is 0 Å². The van der Waals surface area contributed by atoms with Gasteiger partial charge < -0.3 is 125 Å². The summed E-state index contributed by atoms with van der Waals surface area (Å²) in [4.78, 5) is 52.2. The van der Waals surface area contributed by atoms with E-state index in [1.807, 2.05) is 0 Å². The van der Waals surface area contributed by atoms with E-state index in [4.69, 9.17) is 37.9 Å². The molecule has 28 heteroatoms. The highest BCUT2D eigenvalue weighted by molar-refractivity contribution is 5.77. The second-order valence-corrected chi connectivity index (χ2v) is 29.6. The van der Waals surface area contributed by atoms with E-state index in [0.717, 1.165) is 65.2 Å². The third-order valence-corrected chi connectivity index (χ3v) is 20.9. The molecule has 0 aromatic rings. The molecule has 0 aromatic heterocycles. The third kappa shape index (κ3) is 32.4. The van der Waals surface area contributed by atoms with E-state index in [1.54, 1.807) is 0 Å². The number of carboxylic acids is 1. The van der Waals surface area contributed by atoms with Crippen LogP contribution in [0.1, 0.15) is 278 Å². The van der Waals surface area contributed by atoms with Gasteiger partial charge in [-0.2, -0.15) is 0 Å². The Morgan fingerprint density at radius 3 is 1.38 bits per heavy atom. The summed E-state index contributed by atoms with van der Waals surface area (Å²) in [6.07, 6.45) is 3.67. The van der Waals surface area contributed by atoms with E-state index in [2.05, 4.69) is 24.5 Å². The molecule has 0 bridgehead atoms. The van der Waals surface area contributed by atoms with E-state index < -0.39 is 204 Å². The molecule has 4 heterocycles. The van der Waals surface area contributed by atoms with Crippen LogP contribution in [-0.4, -0.2) is 262 Å². The molecular formula is C75H138N2O26. The van der Waals surface area contributed by atoms with Gasteiger partial charge in [0.05, 0.1) is 63.4 Å². The van der Waals surface area contributed by atoms with Crippen LogP contribution in [0.3, 0.4) is 0 Å². The lowest BCUT2D eigenvalue weighted by molar-refractivity contribution is -0.403. The van der Waals surface area contributed by atoms with Crippen molar-refractivity contribution >= 4 is 23.6 Å². The Balaban J connectivity index is 1.45. The summed E-state index contributed by atoms with van der Waals surface area (Å²) in [7, 11) is 0. The number of hydrogen-bond acceptors (Lipinski definition) is 25. The fourth-order valence-corrected chi connectivity index (χ4v) is 14.6. The number of Topliss-reactive ketones (excluding diaryl/α,β-unsaturated/α-hetero) is 1. The molecule has 4 rings (SSSR count). The van der Waals surface area contributed by atoms with Crippen molar-refractivity contribution in [2.45, 2.75) is 413 Å². The first-order valence-electron chi connectivity index (χ1n) is 39.6. The molecule has 604 valence electrons. The van der Waals surface area contributed by atoms with Gasteiger partial charge in [-0.15, -0.1) is 0 Å². The number of amides is 2. The van der Waals surface area contributed by atoms with Gasteiger partial charge in [-0.3, -0.25) is 9.59 Å². The molecule has 0 aliphatic carbocycles. The predicted molar refractivity (Wildman–Crippen MR) is 379 cm³/mol. The Bertz CT molecular complexity index is 2250. The van der Waals surface area contributed by atoms with Crippen molar-refractivity contribution in [3.8, 4) is 0 Å². The number of unbranched alkanes of at least 4 members (excludes halogenated alkanes) is 33. The minimum absolute atomic E-state index is 0.189. The van der Waals surface area contributed by atoms with E-state index in [9.17, 15) is 90.7 Å². The summed E-state index contributed by atoms with van der Waals surface area (Å²) in [5, 5.41) is 161.